The summed E-state index contributed by atoms with van der Waals surface area (Å²) in [5.41, 5.74) is 6.83. The largest absolute Gasteiger partial charge is 0.508 e. The van der Waals surface area contributed by atoms with E-state index in [1.807, 2.05) is 0 Å². The maximum Gasteiger partial charge on any atom is 0.237 e. The van der Waals surface area contributed by atoms with Crippen LogP contribution >= 0.6 is 0 Å². The topological polar surface area (TPSA) is 95.6 Å². The highest BCUT2D eigenvalue weighted by Crippen LogP contribution is 2.23. The van der Waals surface area contributed by atoms with Gasteiger partial charge in [-0.05, 0) is 49.3 Å². The fourth-order valence-electron chi connectivity index (χ4n) is 2.80. The second-order valence-corrected chi connectivity index (χ2v) is 5.91. The van der Waals surface area contributed by atoms with Crippen LogP contribution in [0.4, 0.5) is 0 Å². The quantitative estimate of drug-likeness (QED) is 0.649. The molecular weight excluding hydrogens is 268 g/mol. The molecule has 1 aromatic carbocycles. The molecule has 0 radical (unpaired) electrons. The number of rotatable bonds is 5. The number of carbonyl (C=O) groups excluding carboxylic acids is 1. The van der Waals surface area contributed by atoms with E-state index in [1.165, 1.54) is 0 Å². The molecule has 3 atom stereocenters. The minimum atomic E-state index is -0.594. The Labute approximate surface area is 125 Å². The molecule has 1 aliphatic rings. The van der Waals surface area contributed by atoms with Crippen LogP contribution in [0.25, 0.3) is 0 Å². The van der Waals surface area contributed by atoms with Gasteiger partial charge in [-0.2, -0.15) is 0 Å². The first-order valence-electron chi connectivity index (χ1n) is 7.54. The first kappa shape index (κ1) is 15.8. The molecule has 2 rings (SSSR count). The zero-order chi connectivity index (χ0) is 15.2. The maximum absolute atomic E-state index is 12.0. The lowest BCUT2D eigenvalue weighted by Crippen LogP contribution is -2.44. The maximum atomic E-state index is 12.0. The standard InChI is InChI=1S/C16H24N2O3/c17-15(9-11-4-6-13(19)7-5-11)16(21)18-10-12-2-1-3-14(20)8-12/h4-7,12,14-15,19-20H,1-3,8-10,17H2,(H,18,21). The van der Waals surface area contributed by atoms with Gasteiger partial charge in [0, 0.05) is 6.54 Å². The summed E-state index contributed by atoms with van der Waals surface area (Å²) in [5.74, 6) is 0.384. The Kier molecular flexibility index (Phi) is 5.59. The second-order valence-electron chi connectivity index (χ2n) is 5.91. The van der Waals surface area contributed by atoms with Gasteiger partial charge in [0.1, 0.15) is 5.75 Å². The molecule has 1 amide bonds. The SMILES string of the molecule is NC(Cc1ccc(O)cc1)C(=O)NCC1CCCC(O)C1. The van der Waals surface area contributed by atoms with Crippen molar-refractivity contribution in [2.24, 2.45) is 11.7 Å². The number of hydrogen-bond donors (Lipinski definition) is 4. The van der Waals surface area contributed by atoms with E-state index in [-0.39, 0.29) is 17.8 Å². The molecule has 1 saturated carbocycles. The van der Waals surface area contributed by atoms with Gasteiger partial charge in [0.15, 0.2) is 0 Å². The highest BCUT2D eigenvalue weighted by atomic mass is 16.3. The van der Waals surface area contributed by atoms with Crippen molar-refractivity contribution in [3.05, 3.63) is 29.8 Å². The second kappa shape index (κ2) is 7.43. The van der Waals surface area contributed by atoms with E-state index < -0.39 is 6.04 Å². The van der Waals surface area contributed by atoms with Gasteiger partial charge in [0.05, 0.1) is 12.1 Å². The molecule has 3 unspecified atom stereocenters. The number of nitrogens with two attached hydrogens (primary N) is 1. The van der Waals surface area contributed by atoms with Crippen LogP contribution in [-0.4, -0.2) is 34.8 Å². The van der Waals surface area contributed by atoms with Crippen LogP contribution in [0, 0.1) is 5.92 Å². The fraction of sp³-hybridized carbons (Fsp3) is 0.562. The van der Waals surface area contributed by atoms with Gasteiger partial charge in [-0.1, -0.05) is 18.6 Å². The molecule has 0 bridgehead atoms. The van der Waals surface area contributed by atoms with E-state index in [0.717, 1.165) is 31.2 Å². The van der Waals surface area contributed by atoms with Crippen molar-refractivity contribution in [2.45, 2.75) is 44.2 Å². The summed E-state index contributed by atoms with van der Waals surface area (Å²) in [4.78, 5) is 12.0. The van der Waals surface area contributed by atoms with Crippen LogP contribution in [0.15, 0.2) is 24.3 Å². The van der Waals surface area contributed by atoms with Crippen LogP contribution in [0.1, 0.15) is 31.2 Å². The Morgan fingerprint density at radius 2 is 2.05 bits per heavy atom. The van der Waals surface area contributed by atoms with Crippen LogP contribution in [0.2, 0.25) is 0 Å². The number of benzene rings is 1. The minimum Gasteiger partial charge on any atom is -0.508 e. The number of amides is 1. The van der Waals surface area contributed by atoms with E-state index in [2.05, 4.69) is 5.32 Å². The molecule has 0 aromatic heterocycles. The number of phenolic OH excluding ortho intramolecular Hbond substituents is 1. The monoisotopic (exact) mass is 292 g/mol. The summed E-state index contributed by atoms with van der Waals surface area (Å²) < 4.78 is 0. The van der Waals surface area contributed by atoms with Gasteiger partial charge >= 0.3 is 0 Å². The highest BCUT2D eigenvalue weighted by Gasteiger charge is 2.21. The lowest BCUT2D eigenvalue weighted by Gasteiger charge is -2.26. The molecule has 1 fully saturated rings. The van der Waals surface area contributed by atoms with E-state index in [4.69, 9.17) is 5.73 Å². The van der Waals surface area contributed by atoms with Gasteiger partial charge in [0.25, 0.3) is 0 Å². The summed E-state index contributed by atoms with van der Waals surface area (Å²) >= 11 is 0. The van der Waals surface area contributed by atoms with Crippen molar-refractivity contribution >= 4 is 5.91 Å². The number of nitrogens with one attached hydrogen (secondary N) is 1. The molecule has 0 heterocycles. The van der Waals surface area contributed by atoms with E-state index in [9.17, 15) is 15.0 Å². The molecule has 21 heavy (non-hydrogen) atoms. The first-order valence-corrected chi connectivity index (χ1v) is 7.54. The van der Waals surface area contributed by atoms with Gasteiger partial charge in [-0.3, -0.25) is 4.79 Å². The molecule has 5 N–H and O–H groups in total. The van der Waals surface area contributed by atoms with Crippen molar-refractivity contribution in [3.8, 4) is 5.75 Å². The molecule has 1 aromatic rings. The Hall–Kier alpha value is -1.59. The number of aromatic hydroxyl groups is 1. The zero-order valence-corrected chi connectivity index (χ0v) is 12.2. The summed E-state index contributed by atoms with van der Waals surface area (Å²) in [6, 6.07) is 6.11. The zero-order valence-electron chi connectivity index (χ0n) is 12.2. The predicted octanol–water partition coefficient (Wildman–Crippen LogP) is 0.929. The lowest BCUT2D eigenvalue weighted by atomic mass is 9.87. The number of aliphatic hydroxyl groups excluding tert-OH is 1. The smallest absolute Gasteiger partial charge is 0.237 e. The molecular formula is C16H24N2O3. The summed E-state index contributed by atoms with van der Waals surface area (Å²) in [5, 5.41) is 21.7. The Bertz CT molecular complexity index is 461. The van der Waals surface area contributed by atoms with Crippen molar-refractivity contribution in [1.29, 1.82) is 0 Å². The summed E-state index contributed by atoms with van der Waals surface area (Å²) in [6.45, 7) is 0.583. The van der Waals surface area contributed by atoms with Crippen molar-refractivity contribution < 1.29 is 15.0 Å². The number of phenols is 1. The Balaban J connectivity index is 1.75. The fourth-order valence-corrected chi connectivity index (χ4v) is 2.80. The van der Waals surface area contributed by atoms with Crippen molar-refractivity contribution in [2.75, 3.05) is 6.54 Å². The molecule has 0 saturated heterocycles. The third kappa shape index (κ3) is 5.02. The van der Waals surface area contributed by atoms with Gasteiger partial charge in [-0.25, -0.2) is 0 Å². The third-order valence-corrected chi connectivity index (χ3v) is 4.05. The number of carbonyl (C=O) groups is 1. The average molecular weight is 292 g/mol. The van der Waals surface area contributed by atoms with E-state index >= 15 is 0 Å². The molecule has 5 heteroatoms. The molecule has 0 spiro atoms. The Morgan fingerprint density at radius 1 is 1.33 bits per heavy atom. The van der Waals surface area contributed by atoms with Crippen molar-refractivity contribution in [1.82, 2.24) is 5.32 Å². The minimum absolute atomic E-state index is 0.164. The normalized spacial score (nSPS) is 23.5. The number of hydrogen-bond acceptors (Lipinski definition) is 4. The van der Waals surface area contributed by atoms with Gasteiger partial charge in [0.2, 0.25) is 5.91 Å². The predicted molar refractivity (Wildman–Crippen MR) is 80.8 cm³/mol. The highest BCUT2D eigenvalue weighted by molar-refractivity contribution is 5.81. The van der Waals surface area contributed by atoms with Crippen LogP contribution in [0.5, 0.6) is 5.75 Å². The lowest BCUT2D eigenvalue weighted by molar-refractivity contribution is -0.122. The van der Waals surface area contributed by atoms with E-state index in [1.54, 1.807) is 24.3 Å². The third-order valence-electron chi connectivity index (χ3n) is 4.05. The van der Waals surface area contributed by atoms with Gasteiger partial charge in [-0.15, -0.1) is 0 Å². The first-order chi connectivity index (χ1) is 10.0. The van der Waals surface area contributed by atoms with Crippen LogP contribution in [-0.2, 0) is 11.2 Å². The number of aliphatic hydroxyl groups is 1. The summed E-state index contributed by atoms with van der Waals surface area (Å²) in [6.07, 6.45) is 3.90. The average Bonchev–Trinajstić information content (AvgIpc) is 2.47. The van der Waals surface area contributed by atoms with E-state index in [0.29, 0.717) is 18.9 Å². The summed E-state index contributed by atoms with van der Waals surface area (Å²) in [7, 11) is 0. The Morgan fingerprint density at radius 3 is 2.71 bits per heavy atom. The van der Waals surface area contributed by atoms with Crippen molar-refractivity contribution in [3.63, 3.8) is 0 Å². The van der Waals surface area contributed by atoms with Gasteiger partial charge < -0.3 is 21.3 Å². The molecule has 0 aliphatic heterocycles. The van der Waals surface area contributed by atoms with Crippen LogP contribution < -0.4 is 11.1 Å². The van der Waals surface area contributed by atoms with Crippen LogP contribution in [0.3, 0.4) is 0 Å². The molecule has 1 aliphatic carbocycles. The molecule has 116 valence electrons. The molecule has 5 nitrogen and oxygen atoms in total.